The Hall–Kier alpha value is -3.68. The molecule has 1 fully saturated rings. The van der Waals surface area contributed by atoms with Crippen LogP contribution in [0.25, 0.3) is 0 Å². The molecule has 30 heavy (non-hydrogen) atoms. The molecule has 0 aliphatic carbocycles. The maximum absolute atomic E-state index is 12.8. The lowest BCUT2D eigenvalue weighted by Crippen LogP contribution is -2.42. The summed E-state index contributed by atoms with van der Waals surface area (Å²) in [5.41, 5.74) is 0.244. The molecule has 0 aromatic heterocycles. The molecule has 1 aliphatic heterocycles. The summed E-state index contributed by atoms with van der Waals surface area (Å²) in [7, 11) is 0. The van der Waals surface area contributed by atoms with Gasteiger partial charge >= 0.3 is 12.0 Å². The summed E-state index contributed by atoms with van der Waals surface area (Å²) in [6.07, 6.45) is -1.07. The summed E-state index contributed by atoms with van der Waals surface area (Å²) in [4.78, 5) is 50.3. The lowest BCUT2D eigenvalue weighted by Gasteiger charge is -2.22. The Labute approximate surface area is 174 Å². The topological polar surface area (TPSA) is 105 Å². The first kappa shape index (κ1) is 21.0. The van der Waals surface area contributed by atoms with Gasteiger partial charge in [0.05, 0.1) is 0 Å². The fourth-order valence-electron chi connectivity index (χ4n) is 3.15. The predicted octanol–water partition coefficient (Wildman–Crippen LogP) is 1.70. The number of amides is 4. The third-order valence-electron chi connectivity index (χ3n) is 4.90. The van der Waals surface area contributed by atoms with E-state index in [2.05, 4.69) is 10.6 Å². The van der Waals surface area contributed by atoms with Crippen molar-refractivity contribution in [2.24, 2.45) is 0 Å². The molecule has 3 rings (SSSR count). The molecule has 8 nitrogen and oxygen atoms in total. The lowest BCUT2D eigenvalue weighted by molar-refractivity contribution is -0.156. The highest BCUT2D eigenvalue weighted by Crippen LogP contribution is 2.28. The largest absolute Gasteiger partial charge is 0.451 e. The minimum Gasteiger partial charge on any atom is -0.451 e. The minimum absolute atomic E-state index is 0.296. The predicted molar refractivity (Wildman–Crippen MR) is 108 cm³/mol. The third-order valence-corrected chi connectivity index (χ3v) is 4.90. The van der Waals surface area contributed by atoms with Crippen molar-refractivity contribution < 1.29 is 23.9 Å². The number of nitrogens with zero attached hydrogens (tertiary/aromatic N) is 1. The van der Waals surface area contributed by atoms with Crippen LogP contribution in [0.3, 0.4) is 0 Å². The van der Waals surface area contributed by atoms with Gasteiger partial charge in [0.1, 0.15) is 12.1 Å². The average Bonchev–Trinajstić information content (AvgIpc) is 2.97. The van der Waals surface area contributed by atoms with E-state index in [0.717, 1.165) is 10.5 Å². The van der Waals surface area contributed by atoms with Crippen LogP contribution in [0.1, 0.15) is 25.0 Å². The van der Waals surface area contributed by atoms with Crippen LogP contribution in [-0.4, -0.2) is 41.4 Å². The molecule has 2 aromatic carbocycles. The molecule has 156 valence electrons. The number of carbonyl (C=O) groups excluding carboxylic acids is 4. The van der Waals surface area contributed by atoms with Crippen LogP contribution in [0, 0.1) is 0 Å². The third kappa shape index (κ3) is 4.48. The monoisotopic (exact) mass is 409 g/mol. The van der Waals surface area contributed by atoms with Crippen molar-refractivity contribution in [1.29, 1.82) is 0 Å². The Morgan fingerprint density at radius 1 is 1.07 bits per heavy atom. The smallest absolute Gasteiger partial charge is 0.327 e. The lowest BCUT2D eigenvalue weighted by atomic mass is 9.92. The van der Waals surface area contributed by atoms with Gasteiger partial charge in [-0.2, -0.15) is 0 Å². The SMILES string of the molecule is C[C@H](OC(=O)CN1C(=O)N[C@](C)(c2ccccc2)C1=O)C(=O)NCc1ccccc1. The second-order valence-electron chi connectivity index (χ2n) is 7.15. The second kappa shape index (κ2) is 8.77. The summed E-state index contributed by atoms with van der Waals surface area (Å²) < 4.78 is 5.11. The Morgan fingerprint density at radius 2 is 1.67 bits per heavy atom. The molecule has 0 spiro atoms. The summed E-state index contributed by atoms with van der Waals surface area (Å²) in [6.45, 7) is 2.72. The molecular formula is C22H23N3O5. The molecule has 0 unspecified atom stereocenters. The molecule has 0 radical (unpaired) electrons. The first-order valence-corrected chi connectivity index (χ1v) is 9.52. The number of esters is 1. The molecule has 1 heterocycles. The van der Waals surface area contributed by atoms with Gasteiger partial charge in [0.15, 0.2) is 6.10 Å². The zero-order chi connectivity index (χ0) is 21.7. The summed E-state index contributed by atoms with van der Waals surface area (Å²) in [6, 6.07) is 17.4. The van der Waals surface area contributed by atoms with Crippen molar-refractivity contribution in [2.75, 3.05) is 6.54 Å². The number of imide groups is 1. The van der Waals surface area contributed by atoms with Crippen LogP contribution >= 0.6 is 0 Å². The van der Waals surface area contributed by atoms with Gasteiger partial charge in [0.25, 0.3) is 11.8 Å². The molecule has 0 bridgehead atoms. The van der Waals surface area contributed by atoms with E-state index in [1.807, 2.05) is 30.3 Å². The summed E-state index contributed by atoms with van der Waals surface area (Å²) in [5.74, 6) is -1.88. The highest BCUT2D eigenvalue weighted by molar-refractivity contribution is 6.08. The molecule has 1 aliphatic rings. The maximum Gasteiger partial charge on any atom is 0.327 e. The van der Waals surface area contributed by atoms with Gasteiger partial charge in [0, 0.05) is 6.54 Å². The van der Waals surface area contributed by atoms with E-state index in [1.165, 1.54) is 6.92 Å². The van der Waals surface area contributed by atoms with Gasteiger partial charge in [0.2, 0.25) is 0 Å². The van der Waals surface area contributed by atoms with Gasteiger partial charge in [-0.05, 0) is 25.0 Å². The number of hydrogen-bond acceptors (Lipinski definition) is 5. The average molecular weight is 409 g/mol. The number of nitrogens with one attached hydrogen (secondary N) is 2. The Morgan fingerprint density at radius 3 is 2.30 bits per heavy atom. The van der Waals surface area contributed by atoms with Crippen molar-refractivity contribution in [3.63, 3.8) is 0 Å². The fraction of sp³-hybridized carbons (Fsp3) is 0.273. The van der Waals surface area contributed by atoms with Gasteiger partial charge in [-0.15, -0.1) is 0 Å². The van der Waals surface area contributed by atoms with Gasteiger partial charge < -0.3 is 15.4 Å². The number of urea groups is 1. The highest BCUT2D eigenvalue weighted by Gasteiger charge is 2.49. The summed E-state index contributed by atoms with van der Waals surface area (Å²) >= 11 is 0. The molecular weight excluding hydrogens is 386 g/mol. The molecule has 2 aromatic rings. The standard InChI is InChI=1S/C22H23N3O5/c1-15(19(27)23-13-16-9-5-3-6-10-16)30-18(26)14-25-20(28)22(2,24-21(25)29)17-11-7-4-8-12-17/h3-12,15H,13-14H2,1-2H3,(H,23,27)(H,24,29)/t15-,22+/m0/s1. The van der Waals surface area contributed by atoms with Gasteiger partial charge in [-0.25, -0.2) is 4.79 Å². The van der Waals surface area contributed by atoms with Crippen LogP contribution in [0.5, 0.6) is 0 Å². The molecule has 8 heteroatoms. The van der Waals surface area contributed by atoms with Crippen LogP contribution in [0.15, 0.2) is 60.7 Å². The molecule has 1 saturated heterocycles. The number of ether oxygens (including phenoxy) is 1. The Bertz CT molecular complexity index is 948. The Kier molecular flexibility index (Phi) is 6.15. The molecule has 2 N–H and O–H groups in total. The molecule has 2 atom stereocenters. The Balaban J connectivity index is 1.55. The fourth-order valence-corrected chi connectivity index (χ4v) is 3.15. The van der Waals surface area contributed by atoms with E-state index < -0.39 is 42.0 Å². The van der Waals surface area contributed by atoms with Crippen molar-refractivity contribution >= 4 is 23.8 Å². The molecule has 4 amide bonds. The zero-order valence-corrected chi connectivity index (χ0v) is 16.8. The van der Waals surface area contributed by atoms with Gasteiger partial charge in [-0.1, -0.05) is 60.7 Å². The van der Waals surface area contributed by atoms with Gasteiger partial charge in [-0.3, -0.25) is 19.3 Å². The van der Waals surface area contributed by atoms with E-state index >= 15 is 0 Å². The van der Waals surface area contributed by atoms with E-state index in [1.54, 1.807) is 37.3 Å². The minimum atomic E-state index is -1.27. The highest BCUT2D eigenvalue weighted by atomic mass is 16.5. The van der Waals surface area contributed by atoms with Crippen molar-refractivity contribution in [3.05, 3.63) is 71.8 Å². The van der Waals surface area contributed by atoms with Crippen LogP contribution in [0.4, 0.5) is 4.79 Å². The number of hydrogen-bond donors (Lipinski definition) is 2. The van der Waals surface area contributed by atoms with E-state index in [9.17, 15) is 19.2 Å². The number of rotatable bonds is 7. The maximum atomic E-state index is 12.8. The van der Waals surface area contributed by atoms with Crippen molar-refractivity contribution in [1.82, 2.24) is 15.5 Å². The van der Waals surface area contributed by atoms with E-state index in [4.69, 9.17) is 4.74 Å². The van der Waals surface area contributed by atoms with E-state index in [-0.39, 0.29) is 0 Å². The van der Waals surface area contributed by atoms with Crippen LogP contribution < -0.4 is 10.6 Å². The number of carbonyl (C=O) groups is 4. The summed E-state index contributed by atoms with van der Waals surface area (Å²) in [5, 5.41) is 5.29. The second-order valence-corrected chi connectivity index (χ2v) is 7.15. The van der Waals surface area contributed by atoms with E-state index in [0.29, 0.717) is 12.1 Å². The normalized spacial score (nSPS) is 19.2. The zero-order valence-electron chi connectivity index (χ0n) is 16.8. The van der Waals surface area contributed by atoms with Crippen LogP contribution in [0.2, 0.25) is 0 Å². The quantitative estimate of drug-likeness (QED) is 0.535. The first-order chi connectivity index (χ1) is 14.3. The van der Waals surface area contributed by atoms with Crippen molar-refractivity contribution in [3.8, 4) is 0 Å². The van der Waals surface area contributed by atoms with Crippen molar-refractivity contribution in [2.45, 2.75) is 32.0 Å². The first-order valence-electron chi connectivity index (χ1n) is 9.52. The van der Waals surface area contributed by atoms with Crippen LogP contribution in [-0.2, 0) is 31.2 Å². The number of benzene rings is 2. The molecule has 0 saturated carbocycles.